The monoisotopic (exact) mass is 263 g/mol. The first-order valence-corrected chi connectivity index (χ1v) is 6.44. The van der Waals surface area contributed by atoms with Crippen molar-refractivity contribution in [3.05, 3.63) is 29.6 Å². The van der Waals surface area contributed by atoms with Gasteiger partial charge in [0, 0.05) is 17.6 Å². The van der Waals surface area contributed by atoms with E-state index in [4.69, 9.17) is 16.9 Å². The van der Waals surface area contributed by atoms with Crippen LogP contribution in [-0.4, -0.2) is 22.3 Å². The molecule has 0 spiro atoms. The smallest absolute Gasteiger partial charge is 0.270 e. The minimum absolute atomic E-state index is 0.183. The summed E-state index contributed by atoms with van der Waals surface area (Å²) < 4.78 is 0. The molecule has 1 fully saturated rings. The van der Waals surface area contributed by atoms with Crippen LogP contribution in [0.15, 0.2) is 18.3 Å². The standard InChI is InChI=1S/C13H14ClN3O/c14-10-2-4-11(5-3-10)17-13(18)12-6-1-9(7-15)8-16-12/h1,6,8,10-11H,2-5H2,(H,17,18). The van der Waals surface area contributed by atoms with Gasteiger partial charge in [0.25, 0.3) is 5.91 Å². The Balaban J connectivity index is 1.93. The van der Waals surface area contributed by atoms with E-state index in [-0.39, 0.29) is 17.3 Å². The summed E-state index contributed by atoms with van der Waals surface area (Å²) in [5, 5.41) is 11.8. The van der Waals surface area contributed by atoms with Crippen LogP contribution in [0.5, 0.6) is 0 Å². The lowest BCUT2D eigenvalue weighted by Gasteiger charge is -2.25. The molecule has 0 aromatic carbocycles. The number of halogens is 1. The van der Waals surface area contributed by atoms with Gasteiger partial charge in [0.1, 0.15) is 11.8 Å². The van der Waals surface area contributed by atoms with Crippen molar-refractivity contribution in [3.63, 3.8) is 0 Å². The van der Waals surface area contributed by atoms with Crippen LogP contribution >= 0.6 is 11.6 Å². The van der Waals surface area contributed by atoms with Crippen LogP contribution in [0.4, 0.5) is 0 Å². The maximum Gasteiger partial charge on any atom is 0.270 e. The number of nitrogens with one attached hydrogen (secondary N) is 1. The molecular weight excluding hydrogens is 250 g/mol. The number of carbonyl (C=O) groups excluding carboxylic acids is 1. The molecule has 1 N–H and O–H groups in total. The number of pyridine rings is 1. The number of nitrogens with zero attached hydrogens (tertiary/aromatic N) is 2. The van der Waals surface area contributed by atoms with Gasteiger partial charge >= 0.3 is 0 Å². The molecule has 0 unspecified atom stereocenters. The third kappa shape index (κ3) is 3.21. The number of amides is 1. The van der Waals surface area contributed by atoms with Crippen LogP contribution in [0.1, 0.15) is 41.7 Å². The minimum Gasteiger partial charge on any atom is -0.348 e. The van der Waals surface area contributed by atoms with E-state index in [0.29, 0.717) is 11.3 Å². The lowest BCUT2D eigenvalue weighted by Crippen LogP contribution is -2.38. The maximum absolute atomic E-state index is 11.9. The Bertz CT molecular complexity index is 458. The number of hydrogen-bond donors (Lipinski definition) is 1. The summed E-state index contributed by atoms with van der Waals surface area (Å²) in [6.07, 6.45) is 5.11. The predicted octanol–water partition coefficient (Wildman–Crippen LogP) is 2.23. The van der Waals surface area contributed by atoms with E-state index < -0.39 is 0 Å². The molecule has 2 rings (SSSR count). The number of nitriles is 1. The molecule has 0 saturated heterocycles. The topological polar surface area (TPSA) is 65.8 Å². The number of hydrogen-bond acceptors (Lipinski definition) is 3. The third-order valence-electron chi connectivity index (χ3n) is 3.12. The SMILES string of the molecule is N#Cc1ccc(C(=O)NC2CCC(Cl)CC2)nc1. The quantitative estimate of drug-likeness (QED) is 0.832. The summed E-state index contributed by atoms with van der Waals surface area (Å²) in [6, 6.07) is 5.32. The zero-order chi connectivity index (χ0) is 13.0. The Morgan fingerprint density at radius 1 is 1.39 bits per heavy atom. The summed E-state index contributed by atoms with van der Waals surface area (Å²) in [7, 11) is 0. The summed E-state index contributed by atoms with van der Waals surface area (Å²) in [5.74, 6) is -0.183. The molecule has 0 atom stereocenters. The van der Waals surface area contributed by atoms with Crippen LogP contribution in [0.3, 0.4) is 0 Å². The first-order valence-electron chi connectivity index (χ1n) is 6.00. The number of alkyl halides is 1. The molecule has 0 radical (unpaired) electrons. The number of rotatable bonds is 2. The Labute approximate surface area is 111 Å². The molecule has 94 valence electrons. The summed E-state index contributed by atoms with van der Waals surface area (Å²) >= 11 is 6.01. The lowest BCUT2D eigenvalue weighted by molar-refractivity contribution is 0.0923. The predicted molar refractivity (Wildman–Crippen MR) is 68.3 cm³/mol. The van der Waals surface area contributed by atoms with E-state index in [1.54, 1.807) is 12.1 Å². The fraction of sp³-hybridized carbons (Fsp3) is 0.462. The fourth-order valence-electron chi connectivity index (χ4n) is 2.05. The van der Waals surface area contributed by atoms with Crippen molar-refractivity contribution in [1.82, 2.24) is 10.3 Å². The highest BCUT2D eigenvalue weighted by Crippen LogP contribution is 2.22. The first-order chi connectivity index (χ1) is 8.69. The Hall–Kier alpha value is -1.60. The van der Waals surface area contributed by atoms with Crippen LogP contribution in [0.25, 0.3) is 0 Å². The van der Waals surface area contributed by atoms with Gasteiger partial charge in [-0.25, -0.2) is 4.98 Å². The normalized spacial score (nSPS) is 23.1. The first kappa shape index (κ1) is 12.8. The van der Waals surface area contributed by atoms with Crippen molar-refractivity contribution in [3.8, 4) is 6.07 Å². The summed E-state index contributed by atoms with van der Waals surface area (Å²) in [6.45, 7) is 0. The molecule has 1 aliphatic rings. The van der Waals surface area contributed by atoms with Gasteiger partial charge in [-0.2, -0.15) is 5.26 Å². The maximum atomic E-state index is 11.9. The van der Waals surface area contributed by atoms with E-state index in [9.17, 15) is 4.79 Å². The average molecular weight is 264 g/mol. The van der Waals surface area contributed by atoms with E-state index in [1.807, 2.05) is 6.07 Å². The fourth-order valence-corrected chi connectivity index (χ4v) is 2.30. The second-order valence-corrected chi connectivity index (χ2v) is 5.08. The van der Waals surface area contributed by atoms with E-state index >= 15 is 0 Å². The largest absolute Gasteiger partial charge is 0.348 e. The molecule has 18 heavy (non-hydrogen) atoms. The van der Waals surface area contributed by atoms with Gasteiger partial charge < -0.3 is 5.32 Å². The second-order valence-electron chi connectivity index (χ2n) is 4.47. The van der Waals surface area contributed by atoms with Gasteiger partial charge in [0.15, 0.2) is 0 Å². The highest BCUT2D eigenvalue weighted by Gasteiger charge is 2.21. The van der Waals surface area contributed by atoms with Crippen molar-refractivity contribution in [2.75, 3.05) is 0 Å². The third-order valence-corrected chi connectivity index (χ3v) is 3.55. The van der Waals surface area contributed by atoms with Crippen LogP contribution in [-0.2, 0) is 0 Å². The molecular formula is C13H14ClN3O. The van der Waals surface area contributed by atoms with Crippen molar-refractivity contribution in [2.45, 2.75) is 37.1 Å². The van der Waals surface area contributed by atoms with Gasteiger partial charge in [-0.1, -0.05) is 0 Å². The van der Waals surface area contributed by atoms with Crippen molar-refractivity contribution < 1.29 is 4.79 Å². The van der Waals surface area contributed by atoms with Crippen molar-refractivity contribution in [2.24, 2.45) is 0 Å². The Kier molecular flexibility index (Phi) is 4.16. The van der Waals surface area contributed by atoms with Crippen molar-refractivity contribution in [1.29, 1.82) is 5.26 Å². The Morgan fingerprint density at radius 2 is 2.11 bits per heavy atom. The van der Waals surface area contributed by atoms with Gasteiger partial charge in [-0.3, -0.25) is 4.79 Å². The Morgan fingerprint density at radius 3 is 2.67 bits per heavy atom. The zero-order valence-corrected chi connectivity index (χ0v) is 10.7. The zero-order valence-electron chi connectivity index (χ0n) is 9.90. The van der Waals surface area contributed by atoms with Gasteiger partial charge in [0.2, 0.25) is 0 Å². The van der Waals surface area contributed by atoms with Crippen LogP contribution < -0.4 is 5.32 Å². The summed E-state index contributed by atoms with van der Waals surface area (Å²) in [5.41, 5.74) is 0.802. The molecule has 0 bridgehead atoms. The molecule has 5 heteroatoms. The van der Waals surface area contributed by atoms with Gasteiger partial charge in [-0.05, 0) is 37.8 Å². The molecule has 1 saturated carbocycles. The molecule has 1 amide bonds. The van der Waals surface area contributed by atoms with Gasteiger partial charge in [-0.15, -0.1) is 11.6 Å². The molecule has 1 aromatic rings. The van der Waals surface area contributed by atoms with Crippen LogP contribution in [0.2, 0.25) is 0 Å². The highest BCUT2D eigenvalue weighted by molar-refractivity contribution is 6.20. The van der Waals surface area contributed by atoms with E-state index in [2.05, 4.69) is 10.3 Å². The number of carbonyl (C=O) groups is 1. The summed E-state index contributed by atoms with van der Waals surface area (Å²) in [4.78, 5) is 15.9. The minimum atomic E-state index is -0.183. The van der Waals surface area contributed by atoms with E-state index in [1.165, 1.54) is 6.20 Å². The number of aromatic nitrogens is 1. The lowest BCUT2D eigenvalue weighted by atomic mass is 9.95. The van der Waals surface area contributed by atoms with E-state index in [0.717, 1.165) is 25.7 Å². The molecule has 1 aromatic heterocycles. The second kappa shape index (κ2) is 5.83. The molecule has 1 aliphatic carbocycles. The molecule has 0 aliphatic heterocycles. The average Bonchev–Trinajstić information content (AvgIpc) is 2.41. The van der Waals surface area contributed by atoms with Crippen molar-refractivity contribution >= 4 is 17.5 Å². The van der Waals surface area contributed by atoms with Gasteiger partial charge in [0.05, 0.1) is 5.56 Å². The van der Waals surface area contributed by atoms with Crippen LogP contribution in [0, 0.1) is 11.3 Å². The highest BCUT2D eigenvalue weighted by atomic mass is 35.5. The molecule has 1 heterocycles. The molecule has 4 nitrogen and oxygen atoms in total.